The Morgan fingerprint density at radius 1 is 1.64 bits per heavy atom. The molecule has 0 aliphatic carbocycles. The van der Waals surface area contributed by atoms with Gasteiger partial charge in [0.05, 0.1) is 0 Å². The maximum absolute atomic E-state index is 10.9. The van der Waals surface area contributed by atoms with E-state index >= 15 is 0 Å². The van der Waals surface area contributed by atoms with Crippen LogP contribution in [-0.2, 0) is 9.22 Å². The molecule has 66 valence electrons. The van der Waals surface area contributed by atoms with Gasteiger partial charge in [0.25, 0.3) is 5.97 Å². The zero-order valence-electron chi connectivity index (χ0n) is 7.52. The molecule has 11 heavy (non-hydrogen) atoms. The summed E-state index contributed by atoms with van der Waals surface area (Å²) < 4.78 is 5.04. The summed E-state index contributed by atoms with van der Waals surface area (Å²) >= 11 is 0. The molecule has 0 aromatic heterocycles. The summed E-state index contributed by atoms with van der Waals surface area (Å²) in [7, 11) is -0.651. The van der Waals surface area contributed by atoms with E-state index in [1.807, 2.05) is 20.8 Å². The minimum atomic E-state index is -0.651. The highest BCUT2D eigenvalue weighted by Crippen LogP contribution is 1.93. The van der Waals surface area contributed by atoms with Crippen molar-refractivity contribution in [3.63, 3.8) is 0 Å². The Bertz CT molecular complexity index is 117. The molecule has 0 aliphatic heterocycles. The van der Waals surface area contributed by atoms with Gasteiger partial charge < -0.3 is 9.74 Å². The van der Waals surface area contributed by atoms with Gasteiger partial charge in [0.1, 0.15) is 0 Å². The molecular weight excluding hydrogens is 158 g/mol. The highest BCUT2D eigenvalue weighted by atomic mass is 28.2. The third-order valence-corrected chi connectivity index (χ3v) is 2.29. The lowest BCUT2D eigenvalue weighted by Crippen LogP contribution is -2.25. The molecule has 0 spiro atoms. The van der Waals surface area contributed by atoms with E-state index in [2.05, 4.69) is 5.32 Å². The first-order chi connectivity index (χ1) is 5.18. The Morgan fingerprint density at radius 2 is 2.27 bits per heavy atom. The van der Waals surface area contributed by atoms with Gasteiger partial charge in [-0.3, -0.25) is 4.79 Å². The average Bonchev–Trinajstić information content (AvgIpc) is 1.97. The molecule has 0 aromatic rings. The Hall–Kier alpha value is -0.353. The van der Waals surface area contributed by atoms with Gasteiger partial charge in [0.15, 0.2) is 0 Å². The number of hydrogen-bond donors (Lipinski definition) is 1. The van der Waals surface area contributed by atoms with Crippen molar-refractivity contribution in [1.29, 1.82) is 0 Å². The molecule has 0 heterocycles. The highest BCUT2D eigenvalue weighted by molar-refractivity contribution is 6.30. The number of hydrogen-bond acceptors (Lipinski definition) is 3. The van der Waals surface area contributed by atoms with Crippen LogP contribution in [0.15, 0.2) is 0 Å². The molecule has 0 saturated heterocycles. The van der Waals surface area contributed by atoms with Crippen LogP contribution in [0.4, 0.5) is 0 Å². The van der Waals surface area contributed by atoms with Crippen LogP contribution in [0.3, 0.4) is 0 Å². The van der Waals surface area contributed by atoms with E-state index < -0.39 is 9.76 Å². The minimum Gasteiger partial charge on any atom is -0.523 e. The summed E-state index contributed by atoms with van der Waals surface area (Å²) in [5.74, 6) is -0.0429. The maximum Gasteiger partial charge on any atom is 0.294 e. The maximum atomic E-state index is 10.9. The molecule has 0 saturated carbocycles. The quantitative estimate of drug-likeness (QED) is 0.466. The summed E-state index contributed by atoms with van der Waals surface area (Å²) in [4.78, 5) is 10.9. The largest absolute Gasteiger partial charge is 0.523 e. The van der Waals surface area contributed by atoms with Crippen LogP contribution in [0.25, 0.3) is 0 Å². The summed E-state index contributed by atoms with van der Waals surface area (Å²) in [5, 5.41) is 3.13. The van der Waals surface area contributed by atoms with Crippen molar-refractivity contribution in [3.8, 4) is 0 Å². The topological polar surface area (TPSA) is 38.3 Å². The summed E-state index contributed by atoms with van der Waals surface area (Å²) in [6, 6.07) is 0. The molecule has 0 atom stereocenters. The van der Waals surface area contributed by atoms with Crippen molar-refractivity contribution < 1.29 is 9.22 Å². The van der Waals surface area contributed by atoms with Gasteiger partial charge in [-0.25, -0.2) is 0 Å². The fourth-order valence-electron chi connectivity index (χ4n) is 0.567. The molecule has 0 fully saturated rings. The van der Waals surface area contributed by atoms with Crippen LogP contribution in [-0.4, -0.2) is 28.4 Å². The second-order valence-corrected chi connectivity index (χ2v) is 3.87. The lowest BCUT2D eigenvalue weighted by atomic mass is 10.2. The molecule has 0 aliphatic rings. The summed E-state index contributed by atoms with van der Waals surface area (Å²) in [6.07, 6.45) is 0.884. The molecule has 0 unspecified atom stereocenters. The molecule has 4 heteroatoms. The first kappa shape index (κ1) is 10.6. The molecule has 0 aromatic carbocycles. The van der Waals surface area contributed by atoms with Gasteiger partial charge in [-0.05, 0) is 6.54 Å². The van der Waals surface area contributed by atoms with E-state index in [4.69, 9.17) is 4.43 Å². The lowest BCUT2D eigenvalue weighted by Gasteiger charge is -2.06. The van der Waals surface area contributed by atoms with Crippen molar-refractivity contribution in [2.24, 2.45) is 5.92 Å². The van der Waals surface area contributed by atoms with Gasteiger partial charge in [-0.15, -0.1) is 0 Å². The van der Waals surface area contributed by atoms with E-state index in [-0.39, 0.29) is 11.9 Å². The van der Waals surface area contributed by atoms with Gasteiger partial charge in [-0.1, -0.05) is 20.8 Å². The highest BCUT2D eigenvalue weighted by Gasteiger charge is 2.06. The molecule has 0 amide bonds. The third kappa shape index (κ3) is 6.06. The van der Waals surface area contributed by atoms with Crippen LogP contribution in [0, 0.1) is 5.92 Å². The van der Waals surface area contributed by atoms with E-state index in [0.29, 0.717) is 0 Å². The normalized spacial score (nSPS) is 11.3. The summed E-state index contributed by atoms with van der Waals surface area (Å²) in [6.45, 7) is 6.69. The van der Waals surface area contributed by atoms with Gasteiger partial charge >= 0.3 is 0 Å². The number of carbonyl (C=O) groups is 1. The average molecular weight is 175 g/mol. The SMILES string of the molecule is CCNC[SiH2]OC(=O)C(C)C. The van der Waals surface area contributed by atoms with Crippen LogP contribution in [0.2, 0.25) is 0 Å². The standard InChI is InChI=1S/C7H17NO2Si/c1-4-8-5-11-10-7(9)6(2)3/h6,8H,4-5,11H2,1-3H3. The molecule has 0 bridgehead atoms. The monoisotopic (exact) mass is 175 g/mol. The van der Waals surface area contributed by atoms with Crippen molar-refractivity contribution >= 4 is 15.7 Å². The minimum absolute atomic E-state index is 0.0177. The van der Waals surface area contributed by atoms with E-state index in [0.717, 1.165) is 12.7 Å². The van der Waals surface area contributed by atoms with E-state index in [1.165, 1.54) is 0 Å². The first-order valence-corrected chi connectivity index (χ1v) is 5.63. The van der Waals surface area contributed by atoms with Crippen LogP contribution in [0.5, 0.6) is 0 Å². The zero-order valence-corrected chi connectivity index (χ0v) is 8.93. The van der Waals surface area contributed by atoms with Crippen molar-refractivity contribution in [3.05, 3.63) is 0 Å². The first-order valence-electron chi connectivity index (χ1n) is 4.05. The van der Waals surface area contributed by atoms with E-state index in [9.17, 15) is 4.79 Å². The molecule has 1 N–H and O–H groups in total. The zero-order chi connectivity index (χ0) is 8.69. The van der Waals surface area contributed by atoms with Crippen molar-refractivity contribution in [1.82, 2.24) is 5.32 Å². The van der Waals surface area contributed by atoms with E-state index in [1.54, 1.807) is 0 Å². The molecule has 0 radical (unpaired) electrons. The summed E-state index contributed by atoms with van der Waals surface area (Å²) in [5.41, 5.74) is 0. The van der Waals surface area contributed by atoms with Crippen molar-refractivity contribution in [2.75, 3.05) is 12.7 Å². The third-order valence-electron chi connectivity index (χ3n) is 1.24. The van der Waals surface area contributed by atoms with Gasteiger partial charge in [0, 0.05) is 12.1 Å². The molecule has 0 rings (SSSR count). The fraction of sp³-hybridized carbons (Fsp3) is 0.857. The number of rotatable bonds is 5. The Kier molecular flexibility index (Phi) is 6.16. The Labute approximate surface area is 70.5 Å². The fourth-order valence-corrected chi connectivity index (χ4v) is 1.70. The predicted octanol–water partition coefficient (Wildman–Crippen LogP) is -0.164. The second kappa shape index (κ2) is 6.36. The van der Waals surface area contributed by atoms with Crippen molar-refractivity contribution in [2.45, 2.75) is 20.8 Å². The van der Waals surface area contributed by atoms with Gasteiger partial charge in [0.2, 0.25) is 9.76 Å². The smallest absolute Gasteiger partial charge is 0.294 e. The van der Waals surface area contributed by atoms with Gasteiger partial charge in [-0.2, -0.15) is 0 Å². The Balaban J connectivity index is 3.18. The Morgan fingerprint density at radius 3 is 2.73 bits per heavy atom. The molecule has 3 nitrogen and oxygen atoms in total. The lowest BCUT2D eigenvalue weighted by molar-refractivity contribution is -0.137. The van der Waals surface area contributed by atoms with Crippen LogP contribution < -0.4 is 5.32 Å². The second-order valence-electron chi connectivity index (χ2n) is 2.68. The number of carbonyl (C=O) groups excluding carboxylic acids is 1. The number of nitrogens with one attached hydrogen (secondary N) is 1. The van der Waals surface area contributed by atoms with Crippen LogP contribution >= 0.6 is 0 Å². The molecular formula is C7H17NO2Si. The predicted molar refractivity (Wildman–Crippen MR) is 48.0 cm³/mol. The van der Waals surface area contributed by atoms with Crippen LogP contribution in [0.1, 0.15) is 20.8 Å².